The lowest BCUT2D eigenvalue weighted by Gasteiger charge is -2.35. The zero-order chi connectivity index (χ0) is 26.1. The Morgan fingerprint density at radius 1 is 1.22 bits per heavy atom. The Labute approximate surface area is 209 Å². The van der Waals surface area contributed by atoms with E-state index < -0.39 is 29.5 Å². The van der Waals surface area contributed by atoms with Crippen LogP contribution in [0.4, 0.5) is 24.8 Å². The van der Waals surface area contributed by atoms with Gasteiger partial charge in [-0.1, -0.05) is 6.07 Å². The van der Waals surface area contributed by atoms with Crippen molar-refractivity contribution in [1.82, 2.24) is 20.3 Å². The highest BCUT2D eigenvalue weighted by molar-refractivity contribution is 7.15. The van der Waals surface area contributed by atoms with E-state index in [9.17, 15) is 28.2 Å². The van der Waals surface area contributed by atoms with Crippen LogP contribution < -0.4 is 10.6 Å². The van der Waals surface area contributed by atoms with Gasteiger partial charge in [0.15, 0.2) is 0 Å². The van der Waals surface area contributed by atoms with Crippen LogP contribution in [0.2, 0.25) is 0 Å². The van der Waals surface area contributed by atoms with Gasteiger partial charge in [0.05, 0.1) is 4.88 Å². The maximum absolute atomic E-state index is 13.0. The molecule has 36 heavy (non-hydrogen) atoms. The van der Waals surface area contributed by atoms with Gasteiger partial charge >= 0.3 is 6.18 Å². The summed E-state index contributed by atoms with van der Waals surface area (Å²) in [6.07, 6.45) is -0.997. The molecule has 0 aliphatic heterocycles. The third-order valence-electron chi connectivity index (χ3n) is 6.01. The smallest absolute Gasteiger partial charge is 0.384 e. The molecule has 12 heteroatoms. The van der Waals surface area contributed by atoms with Crippen molar-refractivity contribution in [2.45, 2.75) is 63.5 Å². The Hall–Kier alpha value is -3.09. The highest BCUT2D eigenvalue weighted by atomic mass is 32.1. The van der Waals surface area contributed by atoms with Gasteiger partial charge in [0.25, 0.3) is 0 Å². The summed E-state index contributed by atoms with van der Waals surface area (Å²) in [6, 6.07) is 6.15. The van der Waals surface area contributed by atoms with Gasteiger partial charge in [0.1, 0.15) is 22.4 Å². The van der Waals surface area contributed by atoms with Crippen LogP contribution in [0.3, 0.4) is 0 Å². The molecule has 1 aliphatic carbocycles. The molecule has 4 rings (SSSR count). The minimum Gasteiger partial charge on any atom is -0.384 e. The van der Waals surface area contributed by atoms with Gasteiger partial charge in [-0.25, -0.2) is 15.0 Å². The number of thiazole rings is 1. The van der Waals surface area contributed by atoms with Crippen LogP contribution in [-0.4, -0.2) is 43.2 Å². The number of aliphatic hydroxyl groups is 2. The lowest BCUT2D eigenvalue weighted by molar-refractivity contribution is -0.141. The molecule has 8 nitrogen and oxygen atoms in total. The molecule has 0 bridgehead atoms. The van der Waals surface area contributed by atoms with E-state index in [0.717, 1.165) is 28.3 Å². The lowest BCUT2D eigenvalue weighted by atomic mass is 9.82. The fraction of sp³-hybridized carbons (Fsp3) is 0.417. The summed E-state index contributed by atoms with van der Waals surface area (Å²) in [4.78, 5) is 24.4. The minimum absolute atomic E-state index is 0.115. The number of amides is 1. The first kappa shape index (κ1) is 26.0. The van der Waals surface area contributed by atoms with E-state index in [2.05, 4.69) is 25.6 Å². The molecule has 1 amide bonds. The van der Waals surface area contributed by atoms with E-state index >= 15 is 0 Å². The van der Waals surface area contributed by atoms with Crippen molar-refractivity contribution in [2.75, 3.05) is 5.32 Å². The fourth-order valence-corrected chi connectivity index (χ4v) is 5.15. The number of aromatic nitrogens is 3. The van der Waals surface area contributed by atoms with Crippen molar-refractivity contribution in [1.29, 1.82) is 0 Å². The molecular weight excluding hydrogens is 495 g/mol. The third-order valence-corrected chi connectivity index (χ3v) is 7.25. The summed E-state index contributed by atoms with van der Waals surface area (Å²) in [5, 5.41) is 26.8. The van der Waals surface area contributed by atoms with E-state index in [-0.39, 0.29) is 12.0 Å². The zero-order valence-corrected chi connectivity index (χ0v) is 20.5. The number of halogens is 3. The molecule has 2 aromatic heterocycles. The quantitative estimate of drug-likeness (QED) is 0.382. The second-order valence-corrected chi connectivity index (χ2v) is 10.0. The Morgan fingerprint density at radius 2 is 1.94 bits per heavy atom. The first-order valence-corrected chi connectivity index (χ1v) is 12.2. The van der Waals surface area contributed by atoms with Gasteiger partial charge in [0.2, 0.25) is 11.9 Å². The Kier molecular flexibility index (Phi) is 7.30. The van der Waals surface area contributed by atoms with E-state index in [4.69, 9.17) is 0 Å². The van der Waals surface area contributed by atoms with E-state index in [1.54, 1.807) is 18.3 Å². The first-order chi connectivity index (χ1) is 16.9. The number of anilines is 2. The van der Waals surface area contributed by atoms with Crippen LogP contribution in [0.15, 0.2) is 36.7 Å². The minimum atomic E-state index is -4.57. The van der Waals surface area contributed by atoms with Crippen LogP contribution in [0.25, 0.3) is 10.4 Å². The molecule has 1 fully saturated rings. The van der Waals surface area contributed by atoms with Gasteiger partial charge in [-0.15, -0.1) is 11.3 Å². The molecular formula is C24H26F3N5O3S. The number of benzene rings is 1. The summed E-state index contributed by atoms with van der Waals surface area (Å²) in [7, 11) is 0. The van der Waals surface area contributed by atoms with E-state index in [1.807, 2.05) is 13.0 Å². The summed E-state index contributed by atoms with van der Waals surface area (Å²) in [6.45, 7) is 3.27. The summed E-state index contributed by atoms with van der Waals surface area (Å²) < 4.78 is 38.9. The van der Waals surface area contributed by atoms with Crippen LogP contribution in [0, 0.1) is 6.92 Å². The summed E-state index contributed by atoms with van der Waals surface area (Å²) >= 11 is 1.34. The molecule has 3 aromatic rings. The van der Waals surface area contributed by atoms with Crippen molar-refractivity contribution >= 4 is 28.9 Å². The molecule has 0 radical (unpaired) electrons. The average molecular weight is 522 g/mol. The van der Waals surface area contributed by atoms with Crippen molar-refractivity contribution in [3.05, 3.63) is 52.9 Å². The number of alkyl halides is 3. The largest absolute Gasteiger partial charge is 0.433 e. The topological polar surface area (TPSA) is 120 Å². The molecule has 1 aliphatic rings. The number of carbonyl (C=O) groups is 1. The maximum Gasteiger partial charge on any atom is 0.433 e. The Bertz CT molecular complexity index is 1240. The van der Waals surface area contributed by atoms with Crippen molar-refractivity contribution in [3.63, 3.8) is 0 Å². The second-order valence-electron chi connectivity index (χ2n) is 9.00. The number of hydrogen-bond acceptors (Lipinski definition) is 8. The molecule has 4 N–H and O–H groups in total. The van der Waals surface area contributed by atoms with Crippen molar-refractivity contribution in [2.24, 2.45) is 0 Å². The zero-order valence-electron chi connectivity index (χ0n) is 19.6. The van der Waals surface area contributed by atoms with Crippen LogP contribution in [-0.2, 0) is 16.6 Å². The first-order valence-electron chi connectivity index (χ1n) is 11.4. The molecule has 0 spiro atoms. The summed E-state index contributed by atoms with van der Waals surface area (Å²) in [5.74, 6) is -0.596. The molecule has 0 saturated heterocycles. The van der Waals surface area contributed by atoms with Crippen LogP contribution in [0.1, 0.15) is 48.9 Å². The number of nitrogens with zero attached hydrogens (tertiary/aromatic N) is 3. The Balaban J connectivity index is 1.49. The van der Waals surface area contributed by atoms with Crippen molar-refractivity contribution < 1.29 is 28.2 Å². The van der Waals surface area contributed by atoms with E-state index in [0.29, 0.717) is 36.4 Å². The van der Waals surface area contributed by atoms with E-state index in [1.165, 1.54) is 18.3 Å². The standard InChI is InChI=1S/C24H26F3N5O3S/c1-13-9-15(11-17(10-13)31-22-28-8-5-19(32-22)24(25,26)27)18-12-29-21(36-18)23(35)6-3-16(4-7-23)30-20(34)14(2)33/h5,8-12,14,16,33,35H,3-4,6-7H2,1-2H3,(H,30,34)(H,28,31,32)/t14-,16?,23?/m0/s1. The van der Waals surface area contributed by atoms with Crippen LogP contribution in [0.5, 0.6) is 0 Å². The number of aryl methyl sites for hydroxylation is 1. The highest BCUT2D eigenvalue weighted by Gasteiger charge is 2.38. The monoisotopic (exact) mass is 521 g/mol. The molecule has 1 atom stereocenters. The number of carbonyl (C=O) groups excluding carboxylic acids is 1. The number of rotatable bonds is 6. The Morgan fingerprint density at radius 3 is 2.61 bits per heavy atom. The predicted octanol–water partition coefficient (Wildman–Crippen LogP) is 4.30. The second kappa shape index (κ2) is 10.1. The molecule has 192 valence electrons. The SMILES string of the molecule is Cc1cc(Nc2nccc(C(F)(F)F)n2)cc(-c2cnc(C3(O)CCC(NC(=O)[C@H](C)O)CC3)s2)c1. The average Bonchev–Trinajstić information content (AvgIpc) is 3.31. The molecule has 1 saturated carbocycles. The van der Waals surface area contributed by atoms with Gasteiger partial charge in [0, 0.05) is 24.1 Å². The van der Waals surface area contributed by atoms with Gasteiger partial charge < -0.3 is 20.8 Å². The van der Waals surface area contributed by atoms with Crippen molar-refractivity contribution in [3.8, 4) is 10.4 Å². The third kappa shape index (κ3) is 6.00. The lowest BCUT2D eigenvalue weighted by Crippen LogP contribution is -2.45. The number of hydrogen-bond donors (Lipinski definition) is 4. The van der Waals surface area contributed by atoms with Gasteiger partial charge in [-0.05, 0) is 68.9 Å². The number of nitrogens with one attached hydrogen (secondary N) is 2. The van der Waals surface area contributed by atoms with Gasteiger partial charge in [-0.3, -0.25) is 4.79 Å². The van der Waals surface area contributed by atoms with Crippen LogP contribution >= 0.6 is 11.3 Å². The maximum atomic E-state index is 13.0. The predicted molar refractivity (Wildman–Crippen MR) is 129 cm³/mol. The molecule has 2 heterocycles. The fourth-order valence-electron chi connectivity index (χ4n) is 4.10. The summed E-state index contributed by atoms with van der Waals surface area (Å²) in [5.41, 5.74) is 0.0200. The normalized spacial score (nSPS) is 21.1. The molecule has 1 aromatic carbocycles. The molecule has 0 unspecified atom stereocenters. The van der Waals surface area contributed by atoms with Gasteiger partial charge in [-0.2, -0.15) is 13.2 Å². The number of aliphatic hydroxyl groups excluding tert-OH is 1. The highest BCUT2D eigenvalue weighted by Crippen LogP contribution is 2.41.